The van der Waals surface area contributed by atoms with Gasteiger partial charge in [0.15, 0.2) is 0 Å². The van der Waals surface area contributed by atoms with Crippen molar-refractivity contribution in [3.05, 3.63) is 29.8 Å². The quantitative estimate of drug-likeness (QED) is 0.741. The lowest BCUT2D eigenvalue weighted by Gasteiger charge is -2.16. The largest absolute Gasteiger partial charge is 0.380 e. The number of ether oxygens (including phenoxy) is 1. The second kappa shape index (κ2) is 7.73. The number of sulfonamides is 1. The maximum absolute atomic E-state index is 12.0. The van der Waals surface area contributed by atoms with Gasteiger partial charge in [0.1, 0.15) is 0 Å². The third kappa shape index (κ3) is 4.56. The Kier molecular flexibility index (Phi) is 6.61. The second-order valence-electron chi connectivity index (χ2n) is 4.73. The van der Waals surface area contributed by atoms with Gasteiger partial charge in [0.05, 0.1) is 11.5 Å². The lowest BCUT2D eigenvalue weighted by atomic mass is 10.1. The van der Waals surface area contributed by atoms with Gasteiger partial charge in [-0.25, -0.2) is 12.7 Å². The van der Waals surface area contributed by atoms with E-state index in [2.05, 4.69) is 5.32 Å². The normalized spacial score (nSPS) is 13.7. The zero-order valence-corrected chi connectivity index (χ0v) is 13.4. The highest BCUT2D eigenvalue weighted by Crippen LogP contribution is 2.17. The summed E-state index contributed by atoms with van der Waals surface area (Å²) in [6.07, 6.45) is 0. The molecule has 0 amide bonds. The zero-order valence-electron chi connectivity index (χ0n) is 12.6. The minimum Gasteiger partial charge on any atom is -0.380 e. The van der Waals surface area contributed by atoms with Gasteiger partial charge in [0.2, 0.25) is 10.0 Å². The average Bonchev–Trinajstić information content (AvgIpc) is 2.43. The molecule has 0 heterocycles. The van der Waals surface area contributed by atoms with E-state index in [4.69, 9.17) is 4.74 Å². The molecule has 0 bridgehead atoms. The van der Waals surface area contributed by atoms with Crippen LogP contribution < -0.4 is 5.32 Å². The van der Waals surface area contributed by atoms with E-state index in [1.165, 1.54) is 18.4 Å². The van der Waals surface area contributed by atoms with Crippen LogP contribution in [0, 0.1) is 0 Å². The van der Waals surface area contributed by atoms with Crippen molar-refractivity contribution in [2.24, 2.45) is 0 Å². The molecule has 1 aromatic carbocycles. The molecule has 1 atom stereocenters. The third-order valence-electron chi connectivity index (χ3n) is 3.06. The molecule has 0 spiro atoms. The van der Waals surface area contributed by atoms with Crippen molar-refractivity contribution in [1.29, 1.82) is 0 Å². The first-order valence-corrected chi connectivity index (χ1v) is 8.17. The second-order valence-corrected chi connectivity index (χ2v) is 6.88. The van der Waals surface area contributed by atoms with Gasteiger partial charge in [0, 0.05) is 33.3 Å². The van der Waals surface area contributed by atoms with Crippen LogP contribution in [0.15, 0.2) is 29.2 Å². The maximum atomic E-state index is 12.0. The predicted molar refractivity (Wildman–Crippen MR) is 80.2 cm³/mol. The molecule has 0 aliphatic heterocycles. The molecule has 1 aromatic rings. The summed E-state index contributed by atoms with van der Waals surface area (Å²) in [6.45, 7) is 6.17. The average molecular weight is 300 g/mol. The summed E-state index contributed by atoms with van der Waals surface area (Å²) in [5, 5.41) is 3.33. The van der Waals surface area contributed by atoms with Gasteiger partial charge in [-0.1, -0.05) is 12.1 Å². The van der Waals surface area contributed by atoms with Crippen molar-refractivity contribution in [1.82, 2.24) is 9.62 Å². The van der Waals surface area contributed by atoms with Crippen LogP contribution in [0.1, 0.15) is 25.5 Å². The summed E-state index contributed by atoms with van der Waals surface area (Å²) in [5.74, 6) is 0. The fourth-order valence-electron chi connectivity index (χ4n) is 1.75. The molecule has 0 aliphatic carbocycles. The van der Waals surface area contributed by atoms with Gasteiger partial charge in [0.25, 0.3) is 0 Å². The van der Waals surface area contributed by atoms with Crippen LogP contribution in [-0.2, 0) is 14.8 Å². The molecule has 1 N–H and O–H groups in total. The number of rotatable bonds is 8. The molecule has 0 saturated heterocycles. The topological polar surface area (TPSA) is 58.6 Å². The number of hydrogen-bond donors (Lipinski definition) is 1. The Hall–Kier alpha value is -0.950. The monoisotopic (exact) mass is 300 g/mol. The van der Waals surface area contributed by atoms with E-state index >= 15 is 0 Å². The molecule has 0 aliphatic rings. The molecule has 20 heavy (non-hydrogen) atoms. The molecule has 0 fully saturated rings. The van der Waals surface area contributed by atoms with Gasteiger partial charge in [-0.3, -0.25) is 0 Å². The summed E-state index contributed by atoms with van der Waals surface area (Å²) in [4.78, 5) is 0.313. The Bertz CT molecular complexity index is 498. The minimum atomic E-state index is -3.35. The van der Waals surface area contributed by atoms with E-state index in [9.17, 15) is 8.42 Å². The molecule has 114 valence electrons. The summed E-state index contributed by atoms with van der Waals surface area (Å²) < 4.78 is 30.4. The zero-order chi connectivity index (χ0) is 15.2. The number of benzene rings is 1. The molecular weight excluding hydrogens is 276 g/mol. The van der Waals surface area contributed by atoms with Gasteiger partial charge in [-0.2, -0.15) is 0 Å². The van der Waals surface area contributed by atoms with Gasteiger partial charge >= 0.3 is 0 Å². The molecule has 5 nitrogen and oxygen atoms in total. The minimum absolute atomic E-state index is 0.159. The number of nitrogens with one attached hydrogen (secondary N) is 1. The van der Waals surface area contributed by atoms with Crippen molar-refractivity contribution in [2.45, 2.75) is 24.8 Å². The SMILES string of the molecule is CCOCCNC(C)c1ccc(S(=O)(=O)N(C)C)cc1. The van der Waals surface area contributed by atoms with E-state index in [0.29, 0.717) is 18.1 Å². The Morgan fingerprint density at radius 1 is 1.25 bits per heavy atom. The van der Waals surface area contributed by atoms with Gasteiger partial charge in [-0.05, 0) is 31.5 Å². The van der Waals surface area contributed by atoms with Crippen LogP contribution in [-0.4, -0.2) is 46.6 Å². The lowest BCUT2D eigenvalue weighted by molar-refractivity contribution is 0.147. The molecule has 6 heteroatoms. The van der Waals surface area contributed by atoms with E-state index in [0.717, 1.165) is 12.1 Å². The highest BCUT2D eigenvalue weighted by atomic mass is 32.2. The first-order valence-electron chi connectivity index (χ1n) is 6.73. The first kappa shape index (κ1) is 17.1. The van der Waals surface area contributed by atoms with Crippen molar-refractivity contribution >= 4 is 10.0 Å². The number of hydrogen-bond acceptors (Lipinski definition) is 4. The highest BCUT2D eigenvalue weighted by Gasteiger charge is 2.17. The third-order valence-corrected chi connectivity index (χ3v) is 4.89. The molecular formula is C14H24N2O3S. The Labute approximate surface area is 122 Å². The smallest absolute Gasteiger partial charge is 0.242 e. The van der Waals surface area contributed by atoms with Gasteiger partial charge in [-0.15, -0.1) is 0 Å². The van der Waals surface area contributed by atoms with Crippen molar-refractivity contribution < 1.29 is 13.2 Å². The summed E-state index contributed by atoms with van der Waals surface area (Å²) >= 11 is 0. The fourth-order valence-corrected chi connectivity index (χ4v) is 2.65. The van der Waals surface area contributed by atoms with E-state index < -0.39 is 10.0 Å². The van der Waals surface area contributed by atoms with Crippen LogP contribution in [0.3, 0.4) is 0 Å². The van der Waals surface area contributed by atoms with Crippen LogP contribution in [0.25, 0.3) is 0 Å². The Balaban J connectivity index is 2.67. The predicted octanol–water partition coefficient (Wildman–Crippen LogP) is 1.62. The van der Waals surface area contributed by atoms with Crippen LogP contribution in [0.4, 0.5) is 0 Å². The van der Waals surface area contributed by atoms with Crippen LogP contribution in [0.5, 0.6) is 0 Å². The van der Waals surface area contributed by atoms with Crippen LogP contribution >= 0.6 is 0 Å². The van der Waals surface area contributed by atoms with Crippen molar-refractivity contribution in [3.63, 3.8) is 0 Å². The van der Waals surface area contributed by atoms with Crippen molar-refractivity contribution in [2.75, 3.05) is 33.9 Å². The number of nitrogens with zero attached hydrogens (tertiary/aromatic N) is 1. The summed E-state index contributed by atoms with van der Waals surface area (Å²) in [7, 11) is -0.293. The molecule has 0 radical (unpaired) electrons. The van der Waals surface area contributed by atoms with Crippen LogP contribution in [0.2, 0.25) is 0 Å². The molecule has 0 saturated carbocycles. The fraction of sp³-hybridized carbons (Fsp3) is 0.571. The molecule has 1 rings (SSSR count). The highest BCUT2D eigenvalue weighted by molar-refractivity contribution is 7.89. The van der Waals surface area contributed by atoms with Gasteiger partial charge < -0.3 is 10.1 Å². The van der Waals surface area contributed by atoms with Crippen molar-refractivity contribution in [3.8, 4) is 0 Å². The van der Waals surface area contributed by atoms with E-state index in [1.54, 1.807) is 12.1 Å². The maximum Gasteiger partial charge on any atom is 0.242 e. The lowest BCUT2D eigenvalue weighted by Crippen LogP contribution is -2.24. The first-order chi connectivity index (χ1) is 9.39. The molecule has 0 aromatic heterocycles. The molecule has 1 unspecified atom stereocenters. The summed E-state index contributed by atoms with van der Waals surface area (Å²) in [6, 6.07) is 7.13. The van der Waals surface area contributed by atoms with E-state index in [-0.39, 0.29) is 6.04 Å². The Morgan fingerprint density at radius 2 is 1.85 bits per heavy atom. The summed E-state index contributed by atoms with van der Waals surface area (Å²) in [5.41, 5.74) is 1.05. The standard InChI is InChI=1S/C14H24N2O3S/c1-5-19-11-10-15-12(2)13-6-8-14(9-7-13)20(17,18)16(3)4/h6-9,12,15H,5,10-11H2,1-4H3. The Morgan fingerprint density at radius 3 is 2.35 bits per heavy atom. The van der Waals surface area contributed by atoms with E-state index in [1.807, 2.05) is 26.0 Å².